The average molecular weight is 495 g/mol. The van der Waals surface area contributed by atoms with Gasteiger partial charge in [-0.05, 0) is 90.1 Å². The molecule has 0 fully saturated rings. The Morgan fingerprint density at radius 3 is 1.92 bits per heavy atom. The molecule has 1 nitrogen and oxygen atoms in total. The Hall–Kier alpha value is -5.14. The Bertz CT molecular complexity index is 2310. The van der Waals surface area contributed by atoms with Crippen LogP contribution in [0.25, 0.3) is 76.1 Å². The molecule has 9 rings (SSSR count). The molecular formula is C38H22O. The van der Waals surface area contributed by atoms with Crippen molar-refractivity contribution in [3.63, 3.8) is 0 Å². The van der Waals surface area contributed by atoms with E-state index in [0.717, 1.165) is 22.4 Å². The molecule has 0 N–H and O–H groups in total. The summed E-state index contributed by atoms with van der Waals surface area (Å²) in [7, 11) is 0. The monoisotopic (exact) mass is 494 g/mol. The third-order valence-electron chi connectivity index (χ3n) is 8.40. The second-order valence-corrected chi connectivity index (χ2v) is 10.5. The molecule has 8 aromatic carbocycles. The highest BCUT2D eigenvalue weighted by molar-refractivity contribution is 6.15. The predicted molar refractivity (Wildman–Crippen MR) is 165 cm³/mol. The van der Waals surface area contributed by atoms with Crippen molar-refractivity contribution >= 4 is 53.9 Å². The highest BCUT2D eigenvalue weighted by Gasteiger charge is 2.23. The number of fused-ring (bicyclic) bond motifs is 8. The summed E-state index contributed by atoms with van der Waals surface area (Å²) in [6, 6.07) is 48.5. The Kier molecular flexibility index (Phi) is 4.11. The van der Waals surface area contributed by atoms with E-state index < -0.39 is 0 Å². The summed E-state index contributed by atoms with van der Waals surface area (Å²) in [5.74, 6) is 1.87. The van der Waals surface area contributed by atoms with Crippen molar-refractivity contribution in [1.29, 1.82) is 0 Å². The van der Waals surface area contributed by atoms with E-state index in [0.29, 0.717) is 0 Å². The molecule has 0 aliphatic carbocycles. The quantitative estimate of drug-likeness (QED) is 0.163. The first-order valence-electron chi connectivity index (χ1n) is 13.4. The van der Waals surface area contributed by atoms with E-state index in [-0.39, 0.29) is 0 Å². The van der Waals surface area contributed by atoms with E-state index in [2.05, 4.69) is 133 Å². The van der Waals surface area contributed by atoms with Gasteiger partial charge in [0.25, 0.3) is 0 Å². The normalized spacial score (nSPS) is 12.3. The largest absolute Gasteiger partial charge is 0.455 e. The lowest BCUT2D eigenvalue weighted by molar-refractivity contribution is 0.493. The standard InChI is InChI=1S/C38H22O/c1-2-8-26-21-35-27(20-25(26)7-1)14-12-24-13-15-28(22-34(24)35)29-18-19-32-33-17-16-23-6-3-4-9-30(23)38(33)39-36-11-5-10-31(29)37(32)36/h1-22H. The van der Waals surface area contributed by atoms with Gasteiger partial charge in [0.1, 0.15) is 11.5 Å². The lowest BCUT2D eigenvalue weighted by Crippen LogP contribution is -1.98. The Labute approximate surface area is 225 Å². The van der Waals surface area contributed by atoms with Crippen molar-refractivity contribution in [2.24, 2.45) is 0 Å². The maximum absolute atomic E-state index is 6.62. The minimum atomic E-state index is 0.922. The maximum Gasteiger partial charge on any atom is 0.143 e. The molecule has 0 spiro atoms. The van der Waals surface area contributed by atoms with Gasteiger partial charge in [-0.15, -0.1) is 0 Å². The van der Waals surface area contributed by atoms with E-state index in [4.69, 9.17) is 4.74 Å². The molecule has 8 aromatic rings. The first kappa shape index (κ1) is 20.9. The van der Waals surface area contributed by atoms with Crippen molar-refractivity contribution in [1.82, 2.24) is 0 Å². The number of benzene rings is 8. The van der Waals surface area contributed by atoms with Crippen molar-refractivity contribution in [2.75, 3.05) is 0 Å². The van der Waals surface area contributed by atoms with Crippen LogP contribution in [0.2, 0.25) is 0 Å². The van der Waals surface area contributed by atoms with Crippen molar-refractivity contribution < 1.29 is 4.74 Å². The molecule has 0 bridgehead atoms. The van der Waals surface area contributed by atoms with E-state index in [1.54, 1.807) is 0 Å². The van der Waals surface area contributed by atoms with E-state index in [9.17, 15) is 0 Å². The zero-order chi connectivity index (χ0) is 25.5. The summed E-state index contributed by atoms with van der Waals surface area (Å²) in [6.45, 7) is 0. The van der Waals surface area contributed by atoms with Crippen LogP contribution in [0.3, 0.4) is 0 Å². The van der Waals surface area contributed by atoms with Gasteiger partial charge < -0.3 is 4.74 Å². The summed E-state index contributed by atoms with van der Waals surface area (Å²) in [5.41, 5.74) is 4.83. The second-order valence-electron chi connectivity index (χ2n) is 10.5. The SMILES string of the molecule is c1ccc2cc3c(ccc4ccc(-c5ccc6c7c(cccc57)Oc5c-6ccc6ccccc56)cc43)cc2c1. The summed E-state index contributed by atoms with van der Waals surface area (Å²) >= 11 is 0. The predicted octanol–water partition coefficient (Wildman–Crippen LogP) is 10.9. The summed E-state index contributed by atoms with van der Waals surface area (Å²) < 4.78 is 6.62. The number of ether oxygens (including phenoxy) is 1. The fourth-order valence-corrected chi connectivity index (χ4v) is 6.52. The van der Waals surface area contributed by atoms with Gasteiger partial charge >= 0.3 is 0 Å². The van der Waals surface area contributed by atoms with Crippen molar-refractivity contribution in [2.45, 2.75) is 0 Å². The van der Waals surface area contributed by atoms with Crippen LogP contribution in [0.1, 0.15) is 0 Å². The van der Waals surface area contributed by atoms with Gasteiger partial charge in [-0.1, -0.05) is 103 Å². The Balaban J connectivity index is 1.30. The van der Waals surface area contributed by atoms with Crippen LogP contribution in [0.4, 0.5) is 0 Å². The van der Waals surface area contributed by atoms with Crippen LogP contribution >= 0.6 is 0 Å². The van der Waals surface area contributed by atoms with Crippen molar-refractivity contribution in [3.8, 4) is 33.8 Å². The minimum absolute atomic E-state index is 0.922. The van der Waals surface area contributed by atoms with Gasteiger partial charge in [0.05, 0.1) is 0 Å². The lowest BCUT2D eigenvalue weighted by Gasteiger charge is -2.24. The molecule has 0 unspecified atom stereocenters. The van der Waals surface area contributed by atoms with Crippen LogP contribution in [0.15, 0.2) is 133 Å². The number of hydrogen-bond donors (Lipinski definition) is 0. The molecule has 1 heterocycles. The highest BCUT2D eigenvalue weighted by atomic mass is 16.5. The molecule has 0 aromatic heterocycles. The molecule has 1 heteroatoms. The number of hydrogen-bond acceptors (Lipinski definition) is 1. The van der Waals surface area contributed by atoms with E-state index in [1.165, 1.54) is 65.2 Å². The third kappa shape index (κ3) is 2.96. The zero-order valence-corrected chi connectivity index (χ0v) is 21.1. The van der Waals surface area contributed by atoms with Gasteiger partial charge in [0, 0.05) is 16.3 Å². The van der Waals surface area contributed by atoms with Crippen LogP contribution in [-0.4, -0.2) is 0 Å². The van der Waals surface area contributed by atoms with Crippen LogP contribution < -0.4 is 4.74 Å². The fourth-order valence-electron chi connectivity index (χ4n) is 6.52. The summed E-state index contributed by atoms with van der Waals surface area (Å²) in [4.78, 5) is 0. The molecular weight excluding hydrogens is 472 g/mol. The van der Waals surface area contributed by atoms with Gasteiger partial charge in [-0.2, -0.15) is 0 Å². The Morgan fingerprint density at radius 2 is 1.00 bits per heavy atom. The Morgan fingerprint density at radius 1 is 0.359 bits per heavy atom. The lowest BCUT2D eigenvalue weighted by atomic mass is 9.88. The van der Waals surface area contributed by atoms with Gasteiger partial charge in [-0.3, -0.25) is 0 Å². The van der Waals surface area contributed by atoms with Gasteiger partial charge in [0.2, 0.25) is 0 Å². The minimum Gasteiger partial charge on any atom is -0.455 e. The first-order valence-corrected chi connectivity index (χ1v) is 13.4. The summed E-state index contributed by atoms with van der Waals surface area (Å²) in [5, 5.41) is 12.4. The topological polar surface area (TPSA) is 9.23 Å². The summed E-state index contributed by atoms with van der Waals surface area (Å²) in [6.07, 6.45) is 0. The van der Waals surface area contributed by atoms with E-state index >= 15 is 0 Å². The smallest absolute Gasteiger partial charge is 0.143 e. The second kappa shape index (κ2) is 7.69. The van der Waals surface area contributed by atoms with Crippen LogP contribution in [0.5, 0.6) is 11.5 Å². The molecule has 0 atom stereocenters. The first-order chi connectivity index (χ1) is 19.3. The molecule has 1 aliphatic heterocycles. The van der Waals surface area contributed by atoms with Gasteiger partial charge in [0.15, 0.2) is 0 Å². The zero-order valence-electron chi connectivity index (χ0n) is 21.1. The van der Waals surface area contributed by atoms with Crippen molar-refractivity contribution in [3.05, 3.63) is 133 Å². The molecule has 0 amide bonds. The maximum atomic E-state index is 6.62. The molecule has 0 saturated carbocycles. The molecule has 0 radical (unpaired) electrons. The highest BCUT2D eigenvalue weighted by Crippen LogP contribution is 2.51. The molecule has 1 aliphatic rings. The molecule has 39 heavy (non-hydrogen) atoms. The number of rotatable bonds is 1. The van der Waals surface area contributed by atoms with Gasteiger partial charge in [-0.25, -0.2) is 0 Å². The third-order valence-corrected chi connectivity index (χ3v) is 8.40. The van der Waals surface area contributed by atoms with Crippen LogP contribution in [-0.2, 0) is 0 Å². The van der Waals surface area contributed by atoms with E-state index in [1.807, 2.05) is 0 Å². The van der Waals surface area contributed by atoms with Crippen LogP contribution in [0, 0.1) is 0 Å². The average Bonchev–Trinajstić information content (AvgIpc) is 3.00. The molecule has 0 saturated heterocycles. The fraction of sp³-hybridized carbons (Fsp3) is 0. The molecule has 180 valence electrons.